The molecular weight excluding hydrogens is 383 g/mol. The molecule has 2 atom stereocenters. The number of carbonyl (C=O) groups excluding carboxylic acids is 1. The van der Waals surface area contributed by atoms with Crippen molar-refractivity contribution in [2.45, 2.75) is 32.9 Å². The third-order valence-electron chi connectivity index (χ3n) is 3.99. The Kier molecular flexibility index (Phi) is 6.85. The fraction of sp³-hybridized carbons (Fsp3) is 0.316. The molecule has 0 fully saturated rings. The molecule has 0 aliphatic rings. The van der Waals surface area contributed by atoms with E-state index in [4.69, 9.17) is 0 Å². The Morgan fingerprint density at radius 1 is 1.21 bits per heavy atom. The summed E-state index contributed by atoms with van der Waals surface area (Å²) in [4.78, 5) is 20.2. The highest BCUT2D eigenvalue weighted by molar-refractivity contribution is 7.93. The fourth-order valence-electron chi connectivity index (χ4n) is 2.52. The number of carbonyl (C=O) groups is 1. The molecular formula is C19H23FN4O3S. The summed E-state index contributed by atoms with van der Waals surface area (Å²) in [6.07, 6.45) is 5.36. The molecule has 0 saturated carbocycles. The van der Waals surface area contributed by atoms with E-state index in [9.17, 15) is 17.6 Å². The zero-order valence-electron chi connectivity index (χ0n) is 16.1. The molecule has 0 saturated heterocycles. The van der Waals surface area contributed by atoms with Crippen molar-refractivity contribution in [3.05, 3.63) is 64.8 Å². The van der Waals surface area contributed by atoms with Crippen LogP contribution in [-0.4, -0.2) is 36.6 Å². The third kappa shape index (κ3) is 6.12. The van der Waals surface area contributed by atoms with Gasteiger partial charge >= 0.3 is 0 Å². The van der Waals surface area contributed by atoms with E-state index in [1.165, 1.54) is 24.5 Å². The lowest BCUT2D eigenvalue weighted by Gasteiger charge is -2.18. The summed E-state index contributed by atoms with van der Waals surface area (Å²) in [7, 11) is -3.26. The van der Waals surface area contributed by atoms with Crippen LogP contribution < -0.4 is 10.6 Å². The van der Waals surface area contributed by atoms with Crippen molar-refractivity contribution in [3.8, 4) is 0 Å². The number of benzene rings is 1. The highest BCUT2D eigenvalue weighted by Crippen LogP contribution is 2.23. The second-order valence-corrected chi connectivity index (χ2v) is 8.47. The van der Waals surface area contributed by atoms with E-state index < -0.39 is 21.8 Å². The van der Waals surface area contributed by atoms with Gasteiger partial charge in [-0.2, -0.15) is 0 Å². The first-order chi connectivity index (χ1) is 13.1. The van der Waals surface area contributed by atoms with Crippen LogP contribution >= 0.6 is 0 Å². The van der Waals surface area contributed by atoms with Gasteiger partial charge in [0, 0.05) is 23.7 Å². The van der Waals surface area contributed by atoms with Crippen molar-refractivity contribution in [2.24, 2.45) is 0 Å². The van der Waals surface area contributed by atoms with Gasteiger partial charge in [-0.15, -0.1) is 0 Å². The van der Waals surface area contributed by atoms with Crippen molar-refractivity contribution in [3.63, 3.8) is 0 Å². The van der Waals surface area contributed by atoms with Gasteiger partial charge in [-0.1, -0.05) is 18.2 Å². The predicted octanol–water partition coefficient (Wildman–Crippen LogP) is 2.77. The zero-order chi connectivity index (χ0) is 20.9. The summed E-state index contributed by atoms with van der Waals surface area (Å²) in [6.45, 7) is 5.24. The second-order valence-electron chi connectivity index (χ2n) is 6.54. The monoisotopic (exact) mass is 406 g/mol. The Labute approximate surface area is 164 Å². The molecule has 1 amide bonds. The van der Waals surface area contributed by atoms with E-state index >= 15 is 0 Å². The topological polar surface area (TPSA) is 101 Å². The first kappa shape index (κ1) is 21.5. The second kappa shape index (κ2) is 8.92. The quantitative estimate of drug-likeness (QED) is 0.733. The number of halogens is 1. The van der Waals surface area contributed by atoms with Crippen LogP contribution in [0.2, 0.25) is 0 Å². The zero-order valence-corrected chi connectivity index (χ0v) is 16.9. The highest BCUT2D eigenvalue weighted by Gasteiger charge is 2.14. The maximum absolute atomic E-state index is 13.7. The van der Waals surface area contributed by atoms with E-state index in [-0.39, 0.29) is 17.7 Å². The molecule has 1 heterocycles. The molecule has 0 unspecified atom stereocenters. The van der Waals surface area contributed by atoms with Gasteiger partial charge in [0.2, 0.25) is 5.82 Å². The number of sulfone groups is 1. The van der Waals surface area contributed by atoms with Crippen LogP contribution in [0, 0.1) is 12.7 Å². The Balaban J connectivity index is 2.02. The van der Waals surface area contributed by atoms with Gasteiger partial charge in [-0.3, -0.25) is 4.79 Å². The first-order valence-electron chi connectivity index (χ1n) is 8.59. The van der Waals surface area contributed by atoms with E-state index in [2.05, 4.69) is 20.6 Å². The molecule has 0 radical (unpaired) electrons. The minimum absolute atomic E-state index is 0.0419. The minimum atomic E-state index is -3.26. The number of nitrogens with one attached hydrogen (secondary N) is 2. The number of hydrogen-bond acceptors (Lipinski definition) is 6. The van der Waals surface area contributed by atoms with Crippen LogP contribution in [0.1, 0.15) is 41.6 Å². The minimum Gasteiger partial charge on any atom is -0.376 e. The molecule has 150 valence electrons. The van der Waals surface area contributed by atoms with Crippen molar-refractivity contribution in [1.29, 1.82) is 0 Å². The lowest BCUT2D eigenvalue weighted by Crippen LogP contribution is -2.32. The van der Waals surface area contributed by atoms with Crippen LogP contribution in [0.15, 0.2) is 42.1 Å². The average Bonchev–Trinajstić information content (AvgIpc) is 2.62. The van der Waals surface area contributed by atoms with Gasteiger partial charge in [0.25, 0.3) is 5.91 Å². The Morgan fingerprint density at radius 3 is 2.46 bits per heavy atom. The predicted molar refractivity (Wildman–Crippen MR) is 106 cm³/mol. The van der Waals surface area contributed by atoms with Crippen LogP contribution in [0.5, 0.6) is 0 Å². The average molecular weight is 406 g/mol. The van der Waals surface area contributed by atoms with Gasteiger partial charge in [-0.25, -0.2) is 22.8 Å². The van der Waals surface area contributed by atoms with E-state index in [1.807, 2.05) is 13.0 Å². The van der Waals surface area contributed by atoms with Gasteiger partial charge in [0.05, 0.1) is 18.1 Å². The van der Waals surface area contributed by atoms with Crippen LogP contribution in [0.4, 0.5) is 10.1 Å². The summed E-state index contributed by atoms with van der Waals surface area (Å²) in [5.41, 5.74) is 1.96. The molecule has 2 N–H and O–H groups in total. The normalized spacial score (nSPS) is 13.9. The highest BCUT2D eigenvalue weighted by atomic mass is 32.2. The maximum Gasteiger partial charge on any atom is 0.289 e. The van der Waals surface area contributed by atoms with Crippen LogP contribution in [0.3, 0.4) is 0 Å². The third-order valence-corrected chi connectivity index (χ3v) is 4.64. The van der Waals surface area contributed by atoms with Gasteiger partial charge in [0.1, 0.15) is 5.82 Å². The van der Waals surface area contributed by atoms with Gasteiger partial charge in [0.15, 0.2) is 9.84 Å². The first-order valence-corrected chi connectivity index (χ1v) is 10.5. The molecule has 0 spiro atoms. The fourth-order valence-corrected chi connectivity index (χ4v) is 3.04. The summed E-state index contributed by atoms with van der Waals surface area (Å²) in [5, 5.41) is 6.79. The number of anilines is 1. The summed E-state index contributed by atoms with van der Waals surface area (Å²) in [5.74, 6) is -0.834. The van der Waals surface area contributed by atoms with E-state index in [0.717, 1.165) is 17.2 Å². The summed E-state index contributed by atoms with van der Waals surface area (Å²) < 4.78 is 35.9. The largest absolute Gasteiger partial charge is 0.376 e. The van der Waals surface area contributed by atoms with E-state index in [0.29, 0.717) is 11.3 Å². The lowest BCUT2D eigenvalue weighted by molar-refractivity contribution is 0.0936. The summed E-state index contributed by atoms with van der Waals surface area (Å²) in [6, 6.07) is 4.22. The number of amides is 1. The molecule has 9 heteroatoms. The van der Waals surface area contributed by atoms with Crippen LogP contribution in [-0.2, 0) is 9.84 Å². The van der Waals surface area contributed by atoms with Gasteiger partial charge < -0.3 is 10.6 Å². The van der Waals surface area contributed by atoms with Crippen molar-refractivity contribution >= 4 is 21.4 Å². The number of hydrogen-bond donors (Lipinski definition) is 2. The van der Waals surface area contributed by atoms with Crippen LogP contribution in [0.25, 0.3) is 0 Å². The molecule has 2 aromatic rings. The van der Waals surface area contributed by atoms with Gasteiger partial charge in [-0.05, 0) is 38.0 Å². The Bertz CT molecular complexity index is 975. The molecule has 1 aromatic carbocycles. The molecule has 0 aliphatic carbocycles. The number of aromatic nitrogens is 2. The van der Waals surface area contributed by atoms with Crippen molar-refractivity contribution < 1.29 is 17.6 Å². The number of rotatable bonds is 7. The lowest BCUT2D eigenvalue weighted by atomic mass is 10.0. The molecule has 1 aromatic heterocycles. The Morgan fingerprint density at radius 2 is 1.86 bits per heavy atom. The molecule has 0 bridgehead atoms. The van der Waals surface area contributed by atoms with Crippen molar-refractivity contribution in [2.75, 3.05) is 11.6 Å². The number of nitrogens with zero attached hydrogens (tertiary/aromatic N) is 2. The molecule has 7 nitrogen and oxygen atoms in total. The SMILES string of the molecule is Cc1c(F)cccc1[C@H](C)Nc1cnc(C(=O)N[C@H](C)/C=C/S(C)(=O)=O)nc1. The van der Waals surface area contributed by atoms with Crippen molar-refractivity contribution in [1.82, 2.24) is 15.3 Å². The smallest absolute Gasteiger partial charge is 0.289 e. The molecule has 28 heavy (non-hydrogen) atoms. The Hall–Kier alpha value is -2.81. The summed E-state index contributed by atoms with van der Waals surface area (Å²) >= 11 is 0. The standard InChI is InChI=1S/C19H23FN4O3S/c1-12(8-9-28(4,26)27)23-19(25)18-21-10-15(11-22-18)24-14(3)16-6-5-7-17(20)13(16)2/h5-12,14,24H,1-4H3,(H,23,25)/b9-8+/t12-,14+/m1/s1. The van der Waals surface area contributed by atoms with E-state index in [1.54, 1.807) is 19.9 Å². The molecule has 0 aliphatic heterocycles. The molecule has 2 rings (SSSR count). The maximum atomic E-state index is 13.7.